The van der Waals surface area contributed by atoms with Crippen molar-refractivity contribution in [1.82, 2.24) is 24.9 Å². The van der Waals surface area contributed by atoms with Gasteiger partial charge in [0, 0.05) is 51.0 Å². The smallest absolute Gasteiger partial charge is 0.417 e. The van der Waals surface area contributed by atoms with Gasteiger partial charge in [0.1, 0.15) is 42.5 Å². The van der Waals surface area contributed by atoms with Crippen molar-refractivity contribution in [2.75, 3.05) is 38.8 Å². The highest BCUT2D eigenvalue weighted by Gasteiger charge is 2.44. The maximum absolute atomic E-state index is 14.2. The van der Waals surface area contributed by atoms with Crippen LogP contribution in [0.4, 0.5) is 19.2 Å². The van der Waals surface area contributed by atoms with Gasteiger partial charge in [-0.05, 0) is 142 Å². The highest BCUT2D eigenvalue weighted by atomic mass is 35.5. The molecule has 2 fully saturated rings. The fourth-order valence-corrected chi connectivity index (χ4v) is 14.1. The van der Waals surface area contributed by atoms with Crippen molar-refractivity contribution in [3.8, 4) is 0 Å². The molecule has 4 aliphatic heterocycles. The second-order valence-corrected chi connectivity index (χ2v) is 31.2. The van der Waals surface area contributed by atoms with Crippen LogP contribution in [-0.4, -0.2) is 146 Å². The number of carboxylic acids is 1. The number of hydrogen-bond acceptors (Lipinski definition) is 16. The van der Waals surface area contributed by atoms with E-state index >= 15 is 0 Å². The van der Waals surface area contributed by atoms with E-state index in [4.69, 9.17) is 70.5 Å². The van der Waals surface area contributed by atoms with Gasteiger partial charge in [0.15, 0.2) is 19.7 Å². The summed E-state index contributed by atoms with van der Waals surface area (Å²) in [4.78, 5) is 108. The molecule has 0 bridgehead atoms. The van der Waals surface area contributed by atoms with Crippen molar-refractivity contribution >= 4 is 114 Å². The number of nitrogens with zero attached hydrogens (tertiary/aromatic N) is 4. The molecule has 2 saturated heterocycles. The quantitative estimate of drug-likeness (QED) is 0.102. The third kappa shape index (κ3) is 18.7. The summed E-state index contributed by atoms with van der Waals surface area (Å²) in [7, 11) is -6.90. The number of ether oxygens (including phenoxy) is 4. The van der Waals surface area contributed by atoms with Crippen LogP contribution < -0.4 is 5.32 Å². The molecule has 6 aromatic rings. The van der Waals surface area contributed by atoms with Gasteiger partial charge >= 0.3 is 30.3 Å². The maximum atomic E-state index is 14.2. The number of benzene rings is 6. The van der Waals surface area contributed by atoms with Gasteiger partial charge in [0.25, 0.3) is 11.8 Å². The summed E-state index contributed by atoms with van der Waals surface area (Å²) < 4.78 is 69.2. The lowest BCUT2D eigenvalue weighted by molar-refractivity contribution is -0.133. The molecule has 4 heterocycles. The number of carboxylic acid groups (broad SMARTS) is 1. The molecule has 0 aromatic heterocycles. The lowest BCUT2D eigenvalue weighted by atomic mass is 9.96. The van der Waals surface area contributed by atoms with Crippen LogP contribution in [0.2, 0.25) is 20.1 Å². The van der Waals surface area contributed by atoms with E-state index in [0.29, 0.717) is 61.2 Å². The van der Waals surface area contributed by atoms with E-state index in [1.165, 1.54) is 34.1 Å². The molecule has 2 N–H and O–H groups in total. The molecule has 2 unspecified atom stereocenters. The number of sulfone groups is 2. The van der Waals surface area contributed by atoms with Crippen molar-refractivity contribution < 1.29 is 79.2 Å². The number of fused-ring (bicyclic) bond motifs is 2. The molecule has 0 aliphatic carbocycles. The first-order valence-electron chi connectivity index (χ1n) is 30.6. The van der Waals surface area contributed by atoms with E-state index in [1.54, 1.807) is 120 Å². The average Bonchev–Trinajstić information content (AvgIpc) is 1.18. The molecule has 28 heteroatoms. The van der Waals surface area contributed by atoms with Crippen LogP contribution in [0, 0.1) is 5.92 Å². The van der Waals surface area contributed by atoms with Gasteiger partial charge in [-0.15, -0.1) is 0 Å². The Morgan fingerprint density at radius 3 is 1.39 bits per heavy atom. The van der Waals surface area contributed by atoms with Gasteiger partial charge in [0.05, 0.1) is 41.0 Å². The molecular weight excluding hydrogens is 1380 g/mol. The molecule has 0 saturated carbocycles. The molecule has 97 heavy (non-hydrogen) atoms. The Kier molecular flexibility index (Phi) is 23.6. The number of rotatable bonds is 13. The maximum Gasteiger partial charge on any atom is 0.417 e. The average molecular weight is 1450 g/mol. The molecule has 0 spiro atoms. The number of carbonyl (C=O) groups is 8. The molecule has 4 aliphatic rings. The Balaban J connectivity index is 0.000000206. The Morgan fingerprint density at radius 2 is 0.979 bits per heavy atom. The minimum atomic E-state index is -3.58. The highest BCUT2D eigenvalue weighted by molar-refractivity contribution is 7.91. The SMILES string of the molecule is CC(C)(C)OC(=O)N1CCc2c(cc(Cl)c(C(=O)N[C@@H](Cc3cccc(S(C)(=O)=O)c3)C(=O)N3C(=O)OCC3c3ccccc3)c2Cl)C1.CC(C)(C)OC(=O)N1CCc2c(cc(Cl)c(C(=O)O)c2Cl)C1.C[C@@H](Cc1cccc(S(C)(=O)=O)c1)C(=O)N1C(=O)OCC1c1ccccc1. The number of nitrogens with one attached hydrogen (secondary N) is 1. The van der Waals surface area contributed by atoms with E-state index < -0.39 is 97.1 Å². The fourth-order valence-electron chi connectivity index (χ4n) is 11.2. The predicted octanol–water partition coefficient (Wildman–Crippen LogP) is 12.7. The second-order valence-electron chi connectivity index (χ2n) is 25.6. The molecule has 10 rings (SSSR count). The summed E-state index contributed by atoms with van der Waals surface area (Å²) in [5, 5.41) is 12.2. The van der Waals surface area contributed by atoms with E-state index in [9.17, 15) is 55.2 Å². The van der Waals surface area contributed by atoms with Gasteiger partial charge in [-0.2, -0.15) is 0 Å². The van der Waals surface area contributed by atoms with Crippen molar-refractivity contribution in [3.63, 3.8) is 0 Å². The van der Waals surface area contributed by atoms with Crippen molar-refractivity contribution in [1.29, 1.82) is 0 Å². The topological polar surface area (TPSA) is 287 Å². The molecule has 0 radical (unpaired) electrons. The Bertz CT molecular complexity index is 4280. The van der Waals surface area contributed by atoms with Gasteiger partial charge < -0.3 is 39.2 Å². The summed E-state index contributed by atoms with van der Waals surface area (Å²) in [5.41, 5.74) is 3.97. The van der Waals surface area contributed by atoms with Crippen LogP contribution in [-0.2, 0) is 87.0 Å². The minimum Gasteiger partial charge on any atom is -0.478 e. The molecule has 7 amide bonds. The molecular formula is C69H73Cl4N5O17S2. The highest BCUT2D eigenvalue weighted by Crippen LogP contribution is 2.38. The molecule has 4 atom stereocenters. The van der Waals surface area contributed by atoms with Crippen molar-refractivity contribution in [2.45, 2.75) is 126 Å². The normalized spacial score (nSPS) is 16.8. The van der Waals surface area contributed by atoms with Crippen LogP contribution in [0.5, 0.6) is 0 Å². The monoisotopic (exact) mass is 1450 g/mol. The Labute approximate surface area is 582 Å². The van der Waals surface area contributed by atoms with Crippen LogP contribution >= 0.6 is 46.4 Å². The zero-order chi connectivity index (χ0) is 71.2. The van der Waals surface area contributed by atoms with Gasteiger partial charge in [0.2, 0.25) is 5.91 Å². The van der Waals surface area contributed by atoms with Crippen molar-refractivity contribution in [2.24, 2.45) is 5.92 Å². The summed E-state index contributed by atoms with van der Waals surface area (Å²) >= 11 is 25.6. The Hall–Kier alpha value is -8.26. The van der Waals surface area contributed by atoms with Crippen LogP contribution in [0.25, 0.3) is 0 Å². The summed E-state index contributed by atoms with van der Waals surface area (Å²) in [6, 6.07) is 31.2. The number of carbonyl (C=O) groups excluding carboxylic acids is 7. The van der Waals surface area contributed by atoms with E-state index in [2.05, 4.69) is 5.32 Å². The summed E-state index contributed by atoms with van der Waals surface area (Å²) in [6.45, 7) is 13.7. The number of amides is 7. The first kappa shape index (κ1) is 74.5. The molecule has 6 aromatic carbocycles. The molecule has 22 nitrogen and oxygen atoms in total. The predicted molar refractivity (Wildman–Crippen MR) is 362 cm³/mol. The zero-order valence-corrected chi connectivity index (χ0v) is 59.2. The first-order chi connectivity index (χ1) is 45.4. The van der Waals surface area contributed by atoms with E-state index in [1.807, 2.05) is 30.3 Å². The van der Waals surface area contributed by atoms with Gasteiger partial charge in [-0.1, -0.05) is 138 Å². The van der Waals surface area contributed by atoms with Gasteiger partial charge in [-0.3, -0.25) is 14.4 Å². The Morgan fingerprint density at radius 1 is 0.577 bits per heavy atom. The van der Waals surface area contributed by atoms with E-state index in [0.717, 1.165) is 39.7 Å². The third-order valence-electron chi connectivity index (χ3n) is 15.8. The lowest BCUT2D eigenvalue weighted by Gasteiger charge is -2.32. The zero-order valence-electron chi connectivity index (χ0n) is 54.5. The molecule has 516 valence electrons. The second kappa shape index (κ2) is 30.7. The van der Waals surface area contributed by atoms with Crippen LogP contribution in [0.15, 0.2) is 131 Å². The number of cyclic esters (lactones) is 2. The first-order valence-corrected chi connectivity index (χ1v) is 35.9. The summed E-state index contributed by atoms with van der Waals surface area (Å²) in [5.74, 6) is -3.54. The van der Waals surface area contributed by atoms with E-state index in [-0.39, 0.29) is 73.1 Å². The standard InChI is InChI=1S/C34H35Cl2N3O8S.C20H21NO5S.C15H17Cl2NO4/c1-34(2,3)47-32(42)38-14-13-24-22(18-38)17-25(35)28(29(24)36)30(40)37-26(16-20-9-8-12-23(15-20)48(4,44)45)31(41)39-27(19-46-33(39)43)21-10-6-5-7-11-21;1-14(11-15-7-6-10-17(12-15)27(2,24)25)19(22)21-18(13-26-20(21)23)16-8-4-3-5-9-16;1-15(2,3)22-14(21)18-5-4-9-8(7-18)6-10(16)11(12(9)17)13(19)20/h5-12,15,17,26-27H,13-14,16,18-19H2,1-4H3,(H,37,40);3-10,12,14,18H,11,13H2,1-2H3;6H,4-5,7H2,1-3H3,(H,19,20)/t26-,27?;14-,18?;/m00./s1. The fraction of sp³-hybridized carbons (Fsp3) is 0.362. The van der Waals surface area contributed by atoms with Crippen LogP contribution in [0.1, 0.15) is 126 Å². The largest absolute Gasteiger partial charge is 0.478 e. The number of halogens is 4. The number of aromatic carboxylic acids is 1. The summed E-state index contributed by atoms with van der Waals surface area (Å²) in [6.07, 6.45) is 0.736. The van der Waals surface area contributed by atoms with Gasteiger partial charge in [-0.25, -0.2) is 50.6 Å². The number of imide groups is 2. The third-order valence-corrected chi connectivity index (χ3v) is 19.5. The minimum absolute atomic E-state index is 0.00435. The van der Waals surface area contributed by atoms with Crippen LogP contribution in [0.3, 0.4) is 0 Å². The van der Waals surface area contributed by atoms with Crippen molar-refractivity contribution in [3.05, 3.63) is 197 Å². The lowest BCUT2D eigenvalue weighted by Crippen LogP contribution is -2.50. The number of hydrogen-bond donors (Lipinski definition) is 2.